The van der Waals surface area contributed by atoms with E-state index >= 15 is 0 Å². The molecule has 0 fully saturated rings. The van der Waals surface area contributed by atoms with Gasteiger partial charge in [0.25, 0.3) is 5.56 Å². The summed E-state index contributed by atoms with van der Waals surface area (Å²) in [5.74, 6) is -0.254. The van der Waals surface area contributed by atoms with Gasteiger partial charge < -0.3 is 10.4 Å². The predicted molar refractivity (Wildman–Crippen MR) is 133 cm³/mol. The average Bonchev–Trinajstić information content (AvgIpc) is 3.11. The Morgan fingerprint density at radius 1 is 1.03 bits per heavy atom. The molecule has 0 bridgehead atoms. The third-order valence-corrected chi connectivity index (χ3v) is 6.54. The zero-order valence-electron chi connectivity index (χ0n) is 18.6. The minimum atomic E-state index is -3.74. The van der Waals surface area contributed by atoms with Crippen LogP contribution in [0, 0.1) is 6.92 Å². The van der Waals surface area contributed by atoms with Crippen molar-refractivity contribution in [3.05, 3.63) is 69.1 Å². The van der Waals surface area contributed by atoms with E-state index in [-0.39, 0.29) is 32.8 Å². The van der Waals surface area contributed by atoms with Crippen LogP contribution in [0.25, 0.3) is 5.69 Å². The van der Waals surface area contributed by atoms with Gasteiger partial charge in [-0.2, -0.15) is 15.0 Å². The van der Waals surface area contributed by atoms with Gasteiger partial charge in [0.1, 0.15) is 11.4 Å². The smallest absolute Gasteiger partial charge is 0.299 e. The summed E-state index contributed by atoms with van der Waals surface area (Å²) in [7, 11) is -2.48. The number of phenolic OH excluding ortho intramolecular Hbond substituents is 1. The minimum Gasteiger partial charge on any atom is -0.506 e. The van der Waals surface area contributed by atoms with Gasteiger partial charge in [-0.1, -0.05) is 0 Å². The summed E-state index contributed by atoms with van der Waals surface area (Å²) in [6.45, 7) is 1.64. The number of nitrogens with one attached hydrogen (secondary N) is 3. The van der Waals surface area contributed by atoms with Gasteiger partial charge in [0, 0.05) is 11.8 Å². The number of halogens is 2. The Kier molecular flexibility index (Phi) is 7.03. The van der Waals surface area contributed by atoms with Crippen molar-refractivity contribution >= 4 is 56.2 Å². The molecule has 16 heteroatoms. The van der Waals surface area contributed by atoms with Crippen molar-refractivity contribution in [1.82, 2.24) is 29.5 Å². The van der Waals surface area contributed by atoms with Crippen LogP contribution in [0.2, 0.25) is 10.6 Å². The Hall–Kier alpha value is -3.85. The van der Waals surface area contributed by atoms with Gasteiger partial charge in [0.15, 0.2) is 5.69 Å². The Bertz CT molecular complexity index is 1610. The molecule has 0 atom stereocenters. The highest BCUT2D eigenvalue weighted by Gasteiger charge is 2.15. The quantitative estimate of drug-likeness (QED) is 0.251. The minimum absolute atomic E-state index is 0.00873. The van der Waals surface area contributed by atoms with E-state index in [9.17, 15) is 18.3 Å². The third-order valence-electron chi connectivity index (χ3n) is 4.79. The molecule has 4 N–H and O–H groups in total. The molecule has 0 saturated heterocycles. The molecule has 0 saturated carbocycles. The number of aromatic hydroxyl groups is 1. The number of aromatic amines is 1. The number of aryl methyl sites for hydroxylation is 1. The molecule has 13 nitrogen and oxygen atoms in total. The van der Waals surface area contributed by atoms with Crippen molar-refractivity contribution in [3.8, 4) is 11.4 Å². The van der Waals surface area contributed by atoms with Gasteiger partial charge in [-0.05, 0) is 73.6 Å². The van der Waals surface area contributed by atoms with E-state index in [0.29, 0.717) is 17.1 Å². The highest BCUT2D eigenvalue weighted by atomic mass is 35.5. The van der Waals surface area contributed by atoms with Crippen LogP contribution in [0.4, 0.5) is 23.0 Å². The zero-order valence-corrected chi connectivity index (χ0v) is 20.9. The summed E-state index contributed by atoms with van der Waals surface area (Å²) < 4.78 is 27.1. The number of H-pyrrole nitrogens is 1. The van der Waals surface area contributed by atoms with Gasteiger partial charge in [0.05, 0.1) is 16.3 Å². The molecule has 0 amide bonds. The second-order valence-corrected chi connectivity index (χ2v) is 9.72. The van der Waals surface area contributed by atoms with Gasteiger partial charge in [-0.25, -0.2) is 17.8 Å². The molecule has 0 unspecified atom stereocenters. The van der Waals surface area contributed by atoms with E-state index in [2.05, 4.69) is 40.3 Å². The molecule has 186 valence electrons. The van der Waals surface area contributed by atoms with Crippen LogP contribution in [0.5, 0.6) is 5.75 Å². The predicted octanol–water partition coefficient (Wildman–Crippen LogP) is 3.74. The van der Waals surface area contributed by atoms with Crippen LogP contribution < -0.4 is 15.6 Å². The van der Waals surface area contributed by atoms with Crippen LogP contribution in [0.1, 0.15) is 5.69 Å². The second-order valence-electron chi connectivity index (χ2n) is 7.15. The molecule has 0 spiro atoms. The Balaban J connectivity index is 1.57. The topological polar surface area (TPSA) is 180 Å². The van der Waals surface area contributed by atoms with Crippen LogP contribution >= 0.6 is 23.2 Å². The maximum atomic E-state index is 12.9. The molecule has 4 rings (SSSR count). The largest absolute Gasteiger partial charge is 0.506 e. The first kappa shape index (κ1) is 25.2. The number of sulfonamides is 1. The lowest BCUT2D eigenvalue weighted by atomic mass is 10.3. The molecule has 2 aromatic carbocycles. The van der Waals surface area contributed by atoms with E-state index in [1.807, 2.05) is 0 Å². The number of aromatic nitrogens is 5. The number of hydrogen-bond donors (Lipinski definition) is 4. The Labute approximate surface area is 213 Å². The SMILES string of the molecule is CNS(=O)(=O)c1ccc(N=Nc2c(C)[nH]n(-c3ccc(Nc4nc(Cl)nc(Cl)n4)cc3)c2=O)c(O)c1. The van der Waals surface area contributed by atoms with Gasteiger partial charge in [-0.3, -0.25) is 9.89 Å². The number of benzene rings is 2. The normalized spacial score (nSPS) is 11.8. The van der Waals surface area contributed by atoms with E-state index < -0.39 is 21.3 Å². The van der Waals surface area contributed by atoms with Crippen LogP contribution in [0.3, 0.4) is 0 Å². The molecule has 0 aliphatic rings. The molecular formula is C20H17Cl2N9O4S. The van der Waals surface area contributed by atoms with Gasteiger partial charge >= 0.3 is 0 Å². The number of nitrogens with zero attached hydrogens (tertiary/aromatic N) is 6. The summed E-state index contributed by atoms with van der Waals surface area (Å²) in [5.41, 5.74) is 1.05. The lowest BCUT2D eigenvalue weighted by molar-refractivity contribution is 0.474. The summed E-state index contributed by atoms with van der Waals surface area (Å²) in [6.07, 6.45) is 0. The zero-order chi connectivity index (χ0) is 26.0. The molecule has 0 aliphatic heterocycles. The van der Waals surface area contributed by atoms with Crippen LogP contribution in [-0.4, -0.2) is 45.3 Å². The monoisotopic (exact) mass is 549 g/mol. The van der Waals surface area contributed by atoms with Crippen molar-refractivity contribution in [3.63, 3.8) is 0 Å². The van der Waals surface area contributed by atoms with Gasteiger partial charge in [-0.15, -0.1) is 10.2 Å². The first-order chi connectivity index (χ1) is 17.1. The number of hydrogen-bond acceptors (Lipinski definition) is 10. The third kappa shape index (κ3) is 5.36. The van der Waals surface area contributed by atoms with Crippen molar-refractivity contribution in [2.45, 2.75) is 11.8 Å². The fourth-order valence-electron chi connectivity index (χ4n) is 3.02. The van der Waals surface area contributed by atoms with E-state index in [4.69, 9.17) is 23.2 Å². The number of azo groups is 1. The summed E-state index contributed by atoms with van der Waals surface area (Å²) in [5, 5.41) is 23.7. The summed E-state index contributed by atoms with van der Waals surface area (Å²) in [6, 6.07) is 10.3. The maximum absolute atomic E-state index is 12.9. The van der Waals surface area contributed by atoms with Gasteiger partial charge in [0.2, 0.25) is 26.5 Å². The highest BCUT2D eigenvalue weighted by molar-refractivity contribution is 7.89. The number of rotatable bonds is 7. The fraction of sp³-hybridized carbons (Fsp3) is 0.100. The molecular weight excluding hydrogens is 533 g/mol. The van der Waals surface area contributed by atoms with Crippen molar-refractivity contribution in [2.75, 3.05) is 12.4 Å². The Morgan fingerprint density at radius 2 is 1.69 bits per heavy atom. The van der Waals surface area contributed by atoms with E-state index in [1.54, 1.807) is 31.2 Å². The van der Waals surface area contributed by atoms with Crippen LogP contribution in [0.15, 0.2) is 62.4 Å². The number of anilines is 2. The lowest BCUT2D eigenvalue weighted by Gasteiger charge is -2.06. The van der Waals surface area contributed by atoms with Crippen molar-refractivity contribution in [1.29, 1.82) is 0 Å². The molecule has 0 radical (unpaired) electrons. The average molecular weight is 550 g/mol. The first-order valence-electron chi connectivity index (χ1n) is 10.0. The molecule has 4 aromatic rings. The van der Waals surface area contributed by atoms with E-state index in [1.165, 1.54) is 23.9 Å². The summed E-state index contributed by atoms with van der Waals surface area (Å²) in [4.78, 5) is 24.3. The fourth-order valence-corrected chi connectivity index (χ4v) is 4.13. The second kappa shape index (κ2) is 10.0. The van der Waals surface area contributed by atoms with E-state index in [0.717, 1.165) is 6.07 Å². The Morgan fingerprint density at radius 3 is 2.31 bits per heavy atom. The van der Waals surface area contributed by atoms with Crippen molar-refractivity contribution < 1.29 is 13.5 Å². The molecule has 0 aliphatic carbocycles. The highest BCUT2D eigenvalue weighted by Crippen LogP contribution is 2.30. The van der Waals surface area contributed by atoms with Crippen molar-refractivity contribution in [2.24, 2.45) is 10.2 Å². The maximum Gasteiger partial charge on any atom is 0.299 e. The first-order valence-corrected chi connectivity index (χ1v) is 12.3. The molecule has 2 heterocycles. The van der Waals surface area contributed by atoms with Crippen LogP contribution in [-0.2, 0) is 10.0 Å². The molecule has 2 aromatic heterocycles. The summed E-state index contributed by atoms with van der Waals surface area (Å²) >= 11 is 11.5. The molecule has 36 heavy (non-hydrogen) atoms. The standard InChI is InChI=1S/C20H17Cl2N9O4S/c1-10-16(29-28-14-8-7-13(9-15(14)32)36(34,35)23-2)17(33)31(30-10)12-5-3-11(4-6-12)24-20-26-18(21)25-19(22)27-20/h3-9,23,30,32H,1-2H3,(H,24,25,26,27). The number of phenols is 1. The lowest BCUT2D eigenvalue weighted by Crippen LogP contribution is -2.18.